The summed E-state index contributed by atoms with van der Waals surface area (Å²) in [5.41, 5.74) is 1.21. The lowest BCUT2D eigenvalue weighted by Crippen LogP contribution is -2.15. The van der Waals surface area contributed by atoms with Crippen molar-refractivity contribution in [3.63, 3.8) is 0 Å². The highest BCUT2D eigenvalue weighted by Gasteiger charge is 2.19. The second kappa shape index (κ2) is 10.2. The van der Waals surface area contributed by atoms with Crippen LogP contribution in [0.4, 0.5) is 17.3 Å². The van der Waals surface area contributed by atoms with Gasteiger partial charge < -0.3 is 20.7 Å². The van der Waals surface area contributed by atoms with Crippen molar-refractivity contribution < 1.29 is 9.53 Å². The van der Waals surface area contributed by atoms with Crippen LogP contribution in [0.2, 0.25) is 10.0 Å². The third-order valence-electron chi connectivity index (χ3n) is 5.17. The number of methoxy groups -OCH3 is 1. The van der Waals surface area contributed by atoms with Gasteiger partial charge in [0.25, 0.3) is 5.91 Å². The van der Waals surface area contributed by atoms with Gasteiger partial charge in [-0.05, 0) is 44.5 Å². The van der Waals surface area contributed by atoms with E-state index in [1.54, 1.807) is 24.4 Å². The normalized spacial score (nSPS) is 16.3. The van der Waals surface area contributed by atoms with Crippen molar-refractivity contribution in [3.05, 3.63) is 52.4 Å². The largest absolute Gasteiger partial charge is 0.480 e. The molecule has 32 heavy (non-hydrogen) atoms. The molecule has 1 aromatic carbocycles. The average Bonchev–Trinajstić information content (AvgIpc) is 3.08. The number of ether oxygens (including phenoxy) is 1. The summed E-state index contributed by atoms with van der Waals surface area (Å²) in [5.74, 6) is -0.0835. The molecule has 11 heteroatoms. The van der Waals surface area contributed by atoms with Gasteiger partial charge in [-0.1, -0.05) is 29.3 Å². The van der Waals surface area contributed by atoms with E-state index in [1.807, 2.05) is 10.9 Å². The zero-order valence-corrected chi connectivity index (χ0v) is 19.0. The number of hydrogen-bond donors (Lipinski definition) is 3. The molecule has 0 saturated carbocycles. The van der Waals surface area contributed by atoms with Gasteiger partial charge in [0.1, 0.15) is 5.56 Å². The van der Waals surface area contributed by atoms with Gasteiger partial charge in [0.15, 0.2) is 0 Å². The summed E-state index contributed by atoms with van der Waals surface area (Å²) in [7, 11) is 1.43. The molecule has 1 atom stereocenters. The van der Waals surface area contributed by atoms with Crippen molar-refractivity contribution in [1.29, 1.82) is 0 Å². The molecule has 1 fully saturated rings. The van der Waals surface area contributed by atoms with Crippen molar-refractivity contribution in [3.8, 4) is 5.88 Å². The molecule has 0 aliphatic carbocycles. The van der Waals surface area contributed by atoms with Gasteiger partial charge >= 0.3 is 0 Å². The van der Waals surface area contributed by atoms with E-state index in [9.17, 15) is 4.79 Å². The number of amides is 1. The van der Waals surface area contributed by atoms with E-state index in [1.165, 1.54) is 13.3 Å². The van der Waals surface area contributed by atoms with Gasteiger partial charge in [0, 0.05) is 12.4 Å². The standard InChI is InChI=1S/C21H23Cl2N7O2/c1-32-20-15(19(31)28-18-16(22)5-2-6-17(18)23)11-25-21(29-20)27-13-10-26-30(12-13)14-4-3-8-24-9-7-14/h2,5-6,10-12,14,24H,3-4,7-9H2,1H3,(H,28,31)(H,25,27,29)/t14-/m0/s1. The monoisotopic (exact) mass is 475 g/mol. The van der Waals surface area contributed by atoms with E-state index in [0.29, 0.717) is 21.8 Å². The minimum absolute atomic E-state index is 0.116. The molecule has 0 bridgehead atoms. The van der Waals surface area contributed by atoms with E-state index >= 15 is 0 Å². The van der Waals surface area contributed by atoms with Crippen LogP contribution in [0.15, 0.2) is 36.8 Å². The summed E-state index contributed by atoms with van der Waals surface area (Å²) in [4.78, 5) is 21.3. The van der Waals surface area contributed by atoms with E-state index < -0.39 is 5.91 Å². The second-order valence-electron chi connectivity index (χ2n) is 7.34. The number of carbonyl (C=O) groups excluding carboxylic acids is 1. The maximum Gasteiger partial charge on any atom is 0.262 e. The number of anilines is 3. The van der Waals surface area contributed by atoms with Crippen LogP contribution in [-0.4, -0.2) is 45.9 Å². The Labute approximate surface area is 195 Å². The summed E-state index contributed by atoms with van der Waals surface area (Å²) in [6.07, 6.45) is 8.29. The van der Waals surface area contributed by atoms with Crippen molar-refractivity contribution in [2.24, 2.45) is 0 Å². The molecule has 9 nitrogen and oxygen atoms in total. The van der Waals surface area contributed by atoms with Crippen molar-refractivity contribution in [1.82, 2.24) is 25.1 Å². The Hall–Kier alpha value is -2.88. The molecular formula is C21H23Cl2N7O2. The van der Waals surface area contributed by atoms with Gasteiger partial charge in [-0.15, -0.1) is 0 Å². The Morgan fingerprint density at radius 1 is 1.22 bits per heavy atom. The number of para-hydroxylation sites is 1. The highest BCUT2D eigenvalue weighted by molar-refractivity contribution is 6.40. The summed E-state index contributed by atoms with van der Waals surface area (Å²) in [6.45, 7) is 2.02. The van der Waals surface area contributed by atoms with Crippen LogP contribution in [0.3, 0.4) is 0 Å². The molecule has 0 spiro atoms. The molecule has 1 amide bonds. The number of hydrogen-bond acceptors (Lipinski definition) is 7. The molecule has 2 aromatic heterocycles. The summed E-state index contributed by atoms with van der Waals surface area (Å²) in [5, 5.41) is 14.3. The van der Waals surface area contributed by atoms with Gasteiger partial charge in [-0.3, -0.25) is 9.48 Å². The predicted octanol–water partition coefficient (Wildman–Crippen LogP) is 4.30. The molecule has 1 aliphatic rings. The minimum atomic E-state index is -0.488. The highest BCUT2D eigenvalue weighted by Crippen LogP contribution is 2.31. The van der Waals surface area contributed by atoms with Crippen LogP contribution in [0.1, 0.15) is 35.7 Å². The Morgan fingerprint density at radius 2 is 2.03 bits per heavy atom. The van der Waals surface area contributed by atoms with Crippen molar-refractivity contribution in [2.75, 3.05) is 30.8 Å². The van der Waals surface area contributed by atoms with Crippen LogP contribution in [0.5, 0.6) is 5.88 Å². The first-order valence-corrected chi connectivity index (χ1v) is 11.0. The van der Waals surface area contributed by atoms with E-state index in [4.69, 9.17) is 27.9 Å². The smallest absolute Gasteiger partial charge is 0.262 e. The number of rotatable bonds is 6. The van der Waals surface area contributed by atoms with Crippen LogP contribution in [0, 0.1) is 0 Å². The lowest BCUT2D eigenvalue weighted by molar-refractivity contribution is 0.102. The fourth-order valence-corrected chi connectivity index (χ4v) is 4.02. The van der Waals surface area contributed by atoms with Crippen LogP contribution >= 0.6 is 23.2 Å². The zero-order chi connectivity index (χ0) is 22.5. The Balaban J connectivity index is 1.48. The van der Waals surface area contributed by atoms with Crippen molar-refractivity contribution >= 4 is 46.4 Å². The first-order chi connectivity index (χ1) is 15.5. The van der Waals surface area contributed by atoms with Crippen molar-refractivity contribution in [2.45, 2.75) is 25.3 Å². The number of nitrogens with zero attached hydrogens (tertiary/aromatic N) is 4. The highest BCUT2D eigenvalue weighted by atomic mass is 35.5. The van der Waals surface area contributed by atoms with Crippen LogP contribution in [-0.2, 0) is 0 Å². The van der Waals surface area contributed by atoms with E-state index in [0.717, 1.165) is 38.0 Å². The number of carbonyl (C=O) groups is 1. The first-order valence-electron chi connectivity index (χ1n) is 10.2. The molecule has 0 unspecified atom stereocenters. The van der Waals surface area contributed by atoms with E-state index in [-0.39, 0.29) is 17.4 Å². The van der Waals surface area contributed by atoms with Gasteiger partial charge in [-0.25, -0.2) is 4.98 Å². The van der Waals surface area contributed by atoms with Gasteiger partial charge in [0.05, 0.1) is 40.8 Å². The molecule has 4 rings (SSSR count). The fourth-order valence-electron chi connectivity index (χ4n) is 3.53. The number of benzene rings is 1. The summed E-state index contributed by atoms with van der Waals surface area (Å²) < 4.78 is 7.29. The van der Waals surface area contributed by atoms with Crippen LogP contribution < -0.4 is 20.7 Å². The summed E-state index contributed by atoms with van der Waals surface area (Å²) >= 11 is 12.3. The maximum absolute atomic E-state index is 12.7. The third-order valence-corrected chi connectivity index (χ3v) is 5.80. The number of aromatic nitrogens is 4. The molecule has 0 radical (unpaired) electrons. The first kappa shape index (κ1) is 22.3. The average molecular weight is 476 g/mol. The molecule has 3 aromatic rings. The Kier molecular flexibility index (Phi) is 7.09. The Morgan fingerprint density at radius 3 is 2.81 bits per heavy atom. The third kappa shape index (κ3) is 5.12. The summed E-state index contributed by atoms with van der Waals surface area (Å²) in [6, 6.07) is 5.32. The lowest BCUT2D eigenvalue weighted by Gasteiger charge is -2.14. The molecule has 3 N–H and O–H groups in total. The predicted molar refractivity (Wildman–Crippen MR) is 124 cm³/mol. The zero-order valence-electron chi connectivity index (χ0n) is 17.4. The van der Waals surface area contributed by atoms with Gasteiger partial charge in [-0.2, -0.15) is 10.1 Å². The molecule has 1 aliphatic heterocycles. The second-order valence-corrected chi connectivity index (χ2v) is 8.15. The minimum Gasteiger partial charge on any atom is -0.480 e. The molecule has 168 valence electrons. The maximum atomic E-state index is 12.7. The molecule has 1 saturated heterocycles. The topological polar surface area (TPSA) is 106 Å². The SMILES string of the molecule is COc1nc(Nc2cnn([C@H]3CCCNCC3)c2)ncc1C(=O)Nc1c(Cl)cccc1Cl. The fraction of sp³-hybridized carbons (Fsp3) is 0.333. The number of nitrogens with one attached hydrogen (secondary N) is 3. The number of halogens is 2. The molecule has 3 heterocycles. The molecular weight excluding hydrogens is 453 g/mol. The quantitative estimate of drug-likeness (QED) is 0.487. The Bertz CT molecular complexity index is 1080. The van der Waals surface area contributed by atoms with Gasteiger partial charge in [0.2, 0.25) is 11.8 Å². The van der Waals surface area contributed by atoms with Crippen LogP contribution in [0.25, 0.3) is 0 Å². The lowest BCUT2D eigenvalue weighted by atomic mass is 10.1. The van der Waals surface area contributed by atoms with E-state index in [2.05, 4.69) is 31.0 Å².